The maximum Gasteiger partial charge on any atom is 0.239 e. The highest BCUT2D eigenvalue weighted by molar-refractivity contribution is 8.24. The molecule has 102 valence electrons. The summed E-state index contributed by atoms with van der Waals surface area (Å²) >= 11 is 6.46. The molecule has 20 heavy (non-hydrogen) atoms. The molecule has 0 aromatic heterocycles. The van der Waals surface area contributed by atoms with Crippen molar-refractivity contribution in [1.29, 1.82) is 0 Å². The molecule has 1 fully saturated rings. The summed E-state index contributed by atoms with van der Waals surface area (Å²) in [7, 11) is 1.65. The lowest BCUT2D eigenvalue weighted by atomic mass is 9.99. The molecule has 1 unspecified atom stereocenters. The second-order valence-electron chi connectivity index (χ2n) is 4.55. The van der Waals surface area contributed by atoms with E-state index in [0.29, 0.717) is 10.7 Å². The molecule has 0 aliphatic carbocycles. The van der Waals surface area contributed by atoms with Crippen LogP contribution in [0, 0.1) is 0 Å². The standard InChI is InChI=1S/C15H13NO2S2/c1-18-12-7-6-9-4-2-3-5-10(9)11(12)8-13-14(17)16-15(19)20-13/h2-7,13H,8H2,1H3,(H,16,17,19). The number of benzene rings is 2. The fraction of sp³-hybridized carbons (Fsp3) is 0.200. The minimum absolute atomic E-state index is 0.0185. The lowest BCUT2D eigenvalue weighted by molar-refractivity contribution is -0.118. The van der Waals surface area contributed by atoms with Gasteiger partial charge in [-0.2, -0.15) is 0 Å². The zero-order valence-electron chi connectivity index (χ0n) is 10.9. The summed E-state index contributed by atoms with van der Waals surface area (Å²) in [5.74, 6) is 0.796. The van der Waals surface area contributed by atoms with Crippen molar-refractivity contribution in [2.24, 2.45) is 0 Å². The Labute approximate surface area is 126 Å². The van der Waals surface area contributed by atoms with Gasteiger partial charge in [0.1, 0.15) is 10.1 Å². The SMILES string of the molecule is COc1ccc2ccccc2c1CC1SC(=S)NC1=O. The van der Waals surface area contributed by atoms with E-state index >= 15 is 0 Å². The van der Waals surface area contributed by atoms with Crippen molar-refractivity contribution in [3.63, 3.8) is 0 Å². The van der Waals surface area contributed by atoms with Gasteiger partial charge in [0.2, 0.25) is 5.91 Å². The molecule has 0 bridgehead atoms. The number of hydrogen-bond donors (Lipinski definition) is 1. The maximum atomic E-state index is 11.9. The van der Waals surface area contributed by atoms with Crippen molar-refractivity contribution in [2.75, 3.05) is 7.11 Å². The van der Waals surface area contributed by atoms with Crippen LogP contribution in [-0.4, -0.2) is 22.6 Å². The van der Waals surface area contributed by atoms with Gasteiger partial charge in [-0.25, -0.2) is 0 Å². The van der Waals surface area contributed by atoms with E-state index in [1.165, 1.54) is 11.8 Å². The van der Waals surface area contributed by atoms with Crippen LogP contribution < -0.4 is 10.1 Å². The number of hydrogen-bond acceptors (Lipinski definition) is 4. The molecule has 2 aromatic rings. The van der Waals surface area contributed by atoms with E-state index in [2.05, 4.69) is 17.4 Å². The van der Waals surface area contributed by atoms with Crippen molar-refractivity contribution in [1.82, 2.24) is 5.32 Å². The van der Waals surface area contributed by atoms with Crippen LogP contribution in [0.4, 0.5) is 0 Å². The van der Waals surface area contributed by atoms with E-state index < -0.39 is 0 Å². The van der Waals surface area contributed by atoms with E-state index in [1.54, 1.807) is 7.11 Å². The Bertz CT molecular complexity index is 699. The quantitative estimate of drug-likeness (QED) is 0.885. The number of carbonyl (C=O) groups excluding carboxylic acids is 1. The summed E-state index contributed by atoms with van der Waals surface area (Å²) in [5, 5.41) is 4.78. The molecule has 5 heteroatoms. The molecule has 1 aliphatic rings. The lowest BCUT2D eigenvalue weighted by Crippen LogP contribution is -2.25. The van der Waals surface area contributed by atoms with E-state index in [-0.39, 0.29) is 11.2 Å². The summed E-state index contributed by atoms with van der Waals surface area (Å²) in [4.78, 5) is 11.9. The van der Waals surface area contributed by atoms with Crippen molar-refractivity contribution < 1.29 is 9.53 Å². The highest BCUT2D eigenvalue weighted by Gasteiger charge is 2.30. The molecule has 1 heterocycles. The van der Waals surface area contributed by atoms with E-state index in [0.717, 1.165) is 22.1 Å². The molecule has 1 aliphatic heterocycles. The Morgan fingerprint density at radius 2 is 2.10 bits per heavy atom. The summed E-state index contributed by atoms with van der Waals surface area (Å²) < 4.78 is 6.01. The van der Waals surface area contributed by atoms with Gasteiger partial charge in [-0.1, -0.05) is 54.3 Å². The summed E-state index contributed by atoms with van der Waals surface area (Å²) in [6, 6.07) is 12.1. The lowest BCUT2D eigenvalue weighted by Gasteiger charge is -2.14. The van der Waals surface area contributed by atoms with Crippen molar-refractivity contribution in [2.45, 2.75) is 11.7 Å². The van der Waals surface area contributed by atoms with Gasteiger partial charge in [-0.3, -0.25) is 4.79 Å². The number of fused-ring (bicyclic) bond motifs is 1. The van der Waals surface area contributed by atoms with E-state index in [9.17, 15) is 4.79 Å². The fourth-order valence-electron chi connectivity index (χ4n) is 2.43. The predicted molar refractivity (Wildman–Crippen MR) is 86.3 cm³/mol. The molecule has 1 amide bonds. The van der Waals surface area contributed by atoms with Crippen LogP contribution in [-0.2, 0) is 11.2 Å². The number of thiocarbonyl (C=S) groups is 1. The third-order valence-electron chi connectivity index (χ3n) is 3.37. The maximum absolute atomic E-state index is 11.9. The van der Waals surface area contributed by atoms with E-state index in [4.69, 9.17) is 17.0 Å². The summed E-state index contributed by atoms with van der Waals surface area (Å²) in [6.07, 6.45) is 0.612. The van der Waals surface area contributed by atoms with Crippen LogP contribution in [0.2, 0.25) is 0 Å². The third kappa shape index (κ3) is 2.39. The first-order chi connectivity index (χ1) is 9.69. The normalized spacial score (nSPS) is 18.4. The number of carbonyl (C=O) groups is 1. The Balaban J connectivity index is 2.05. The molecular formula is C15H13NO2S2. The minimum Gasteiger partial charge on any atom is -0.496 e. The number of thioether (sulfide) groups is 1. The van der Waals surface area contributed by atoms with Gasteiger partial charge >= 0.3 is 0 Å². The first-order valence-electron chi connectivity index (χ1n) is 6.25. The highest BCUT2D eigenvalue weighted by Crippen LogP contribution is 2.32. The molecule has 0 spiro atoms. The molecule has 3 rings (SSSR count). The molecular weight excluding hydrogens is 290 g/mol. The monoisotopic (exact) mass is 303 g/mol. The van der Waals surface area contributed by atoms with Crippen molar-refractivity contribution >= 4 is 45.0 Å². The van der Waals surface area contributed by atoms with Gasteiger partial charge in [0, 0.05) is 5.56 Å². The molecule has 1 atom stereocenters. The van der Waals surface area contributed by atoms with Crippen LogP contribution in [0.5, 0.6) is 5.75 Å². The van der Waals surface area contributed by atoms with Gasteiger partial charge in [0.05, 0.1) is 12.4 Å². The highest BCUT2D eigenvalue weighted by atomic mass is 32.2. The average Bonchev–Trinajstić information content (AvgIpc) is 2.77. The molecule has 0 radical (unpaired) electrons. The van der Waals surface area contributed by atoms with Crippen LogP contribution in [0.1, 0.15) is 5.56 Å². The largest absolute Gasteiger partial charge is 0.496 e. The van der Waals surface area contributed by atoms with Crippen LogP contribution in [0.3, 0.4) is 0 Å². The second kappa shape index (κ2) is 5.42. The van der Waals surface area contributed by atoms with Crippen molar-refractivity contribution in [3.8, 4) is 5.75 Å². The Kier molecular flexibility index (Phi) is 3.63. The molecule has 3 nitrogen and oxygen atoms in total. The first kappa shape index (κ1) is 13.4. The summed E-state index contributed by atoms with van der Waals surface area (Å²) in [6.45, 7) is 0. The third-order valence-corrected chi connectivity index (χ3v) is 4.75. The van der Waals surface area contributed by atoms with Gasteiger partial charge in [0.15, 0.2) is 0 Å². The number of methoxy groups -OCH3 is 1. The minimum atomic E-state index is -0.179. The van der Waals surface area contributed by atoms with Gasteiger partial charge in [0.25, 0.3) is 0 Å². The zero-order valence-corrected chi connectivity index (χ0v) is 12.5. The molecule has 0 saturated carbocycles. The van der Waals surface area contributed by atoms with Crippen LogP contribution in [0.25, 0.3) is 10.8 Å². The Morgan fingerprint density at radius 3 is 2.80 bits per heavy atom. The van der Waals surface area contributed by atoms with Gasteiger partial charge in [-0.15, -0.1) is 0 Å². The van der Waals surface area contributed by atoms with E-state index in [1.807, 2.05) is 24.3 Å². The number of rotatable bonds is 3. The summed E-state index contributed by atoms with van der Waals surface area (Å²) in [5.41, 5.74) is 1.06. The number of amides is 1. The molecule has 2 aromatic carbocycles. The van der Waals surface area contributed by atoms with Gasteiger partial charge in [-0.05, 0) is 23.3 Å². The fourth-order valence-corrected chi connectivity index (χ4v) is 3.71. The van der Waals surface area contributed by atoms with Crippen LogP contribution >= 0.6 is 24.0 Å². The Morgan fingerprint density at radius 1 is 1.30 bits per heavy atom. The Hall–Kier alpha value is -1.59. The second-order valence-corrected chi connectivity index (χ2v) is 6.43. The number of ether oxygens (including phenoxy) is 1. The van der Waals surface area contributed by atoms with Gasteiger partial charge < -0.3 is 10.1 Å². The average molecular weight is 303 g/mol. The smallest absolute Gasteiger partial charge is 0.239 e. The van der Waals surface area contributed by atoms with Crippen molar-refractivity contribution in [3.05, 3.63) is 42.0 Å². The zero-order chi connectivity index (χ0) is 14.1. The number of nitrogens with one attached hydrogen (secondary N) is 1. The molecule has 1 saturated heterocycles. The molecule has 1 N–H and O–H groups in total. The van der Waals surface area contributed by atoms with Crippen LogP contribution in [0.15, 0.2) is 36.4 Å². The first-order valence-corrected chi connectivity index (χ1v) is 7.54. The topological polar surface area (TPSA) is 38.3 Å². The predicted octanol–water partition coefficient (Wildman–Crippen LogP) is 2.91.